The molecule has 11 nitrogen and oxygen atoms in total. The fourth-order valence-electron chi connectivity index (χ4n) is 4.77. The van der Waals surface area contributed by atoms with E-state index in [-0.39, 0.29) is 36.6 Å². The first-order valence-electron chi connectivity index (χ1n) is 12.1. The minimum atomic E-state index is -1.01. The number of benzene rings is 2. The minimum Gasteiger partial charge on any atom is -0.501 e. The number of nitrogens with zero attached hydrogens (tertiary/aromatic N) is 3. The van der Waals surface area contributed by atoms with E-state index in [2.05, 4.69) is 15.3 Å². The quantitative estimate of drug-likeness (QED) is 0.349. The molecule has 2 heterocycles. The van der Waals surface area contributed by atoms with Gasteiger partial charge in [0.25, 0.3) is 11.8 Å². The van der Waals surface area contributed by atoms with Crippen molar-refractivity contribution >= 4 is 12.0 Å². The zero-order chi connectivity index (χ0) is 27.2. The molecule has 1 aromatic heterocycles. The largest absolute Gasteiger partial charge is 0.501 e. The third-order valence-electron chi connectivity index (χ3n) is 6.66. The number of carboxylic acid groups (broad SMARTS) is 1. The zero-order valence-corrected chi connectivity index (χ0v) is 21.1. The molecule has 200 valence electrons. The Morgan fingerprint density at radius 1 is 1.05 bits per heavy atom. The van der Waals surface area contributed by atoms with Crippen molar-refractivity contribution in [1.29, 1.82) is 0 Å². The zero-order valence-electron chi connectivity index (χ0n) is 21.1. The SMILES string of the molecule is COc1cccc(CNC(=O)c2nc(C3CCN(C(=O)O)C(Cc4ccccc4)C3)nc(O)c2O)c1OC. The number of nitrogens with one attached hydrogen (secondary N) is 1. The average molecular weight is 523 g/mol. The Morgan fingerprint density at radius 2 is 1.82 bits per heavy atom. The molecule has 1 aliphatic heterocycles. The van der Waals surface area contributed by atoms with Crippen LogP contribution in [0.4, 0.5) is 4.79 Å². The van der Waals surface area contributed by atoms with Crippen molar-refractivity contribution in [2.45, 2.75) is 37.8 Å². The van der Waals surface area contributed by atoms with E-state index in [4.69, 9.17) is 9.47 Å². The lowest BCUT2D eigenvalue weighted by molar-refractivity contribution is 0.0940. The number of amides is 2. The first kappa shape index (κ1) is 26.5. The third kappa shape index (κ3) is 5.72. The fourth-order valence-corrected chi connectivity index (χ4v) is 4.77. The topological polar surface area (TPSA) is 154 Å². The molecule has 2 amide bonds. The van der Waals surface area contributed by atoms with E-state index in [0.717, 1.165) is 5.56 Å². The van der Waals surface area contributed by atoms with Crippen molar-refractivity contribution in [3.63, 3.8) is 0 Å². The second kappa shape index (κ2) is 11.7. The summed E-state index contributed by atoms with van der Waals surface area (Å²) in [5, 5.41) is 33.1. The van der Waals surface area contributed by atoms with Crippen LogP contribution in [0.1, 0.15) is 46.2 Å². The molecular formula is C27H30N4O7. The minimum absolute atomic E-state index is 0.0505. The molecule has 2 unspecified atom stereocenters. The number of hydrogen-bond donors (Lipinski definition) is 4. The summed E-state index contributed by atoms with van der Waals surface area (Å²) in [4.78, 5) is 34.6. The number of methoxy groups -OCH3 is 2. The van der Waals surface area contributed by atoms with Crippen molar-refractivity contribution < 1.29 is 34.4 Å². The highest BCUT2D eigenvalue weighted by Crippen LogP contribution is 2.35. The average Bonchev–Trinajstić information content (AvgIpc) is 2.93. The van der Waals surface area contributed by atoms with Gasteiger partial charge in [-0.1, -0.05) is 42.5 Å². The van der Waals surface area contributed by atoms with E-state index < -0.39 is 23.6 Å². The van der Waals surface area contributed by atoms with Crippen LogP contribution in [0.15, 0.2) is 48.5 Å². The molecule has 1 saturated heterocycles. The van der Waals surface area contributed by atoms with Crippen molar-refractivity contribution in [1.82, 2.24) is 20.2 Å². The molecule has 0 aliphatic carbocycles. The van der Waals surface area contributed by atoms with E-state index >= 15 is 0 Å². The van der Waals surface area contributed by atoms with Crippen LogP contribution in [-0.4, -0.2) is 69.0 Å². The third-order valence-corrected chi connectivity index (χ3v) is 6.66. The van der Waals surface area contributed by atoms with Crippen LogP contribution in [0.25, 0.3) is 0 Å². The van der Waals surface area contributed by atoms with E-state index in [1.807, 2.05) is 30.3 Å². The van der Waals surface area contributed by atoms with Gasteiger partial charge in [-0.05, 0) is 30.9 Å². The van der Waals surface area contributed by atoms with E-state index in [0.29, 0.717) is 36.3 Å². The number of para-hydroxylation sites is 1. The van der Waals surface area contributed by atoms with Gasteiger partial charge in [0.2, 0.25) is 5.75 Å². The van der Waals surface area contributed by atoms with Gasteiger partial charge in [-0.25, -0.2) is 9.78 Å². The number of likely N-dealkylation sites (tertiary alicyclic amines) is 1. The highest BCUT2D eigenvalue weighted by molar-refractivity contribution is 5.95. The second-order valence-electron chi connectivity index (χ2n) is 8.98. The molecular weight excluding hydrogens is 492 g/mol. The number of carbonyl (C=O) groups excluding carboxylic acids is 1. The Bertz CT molecular complexity index is 1300. The summed E-state index contributed by atoms with van der Waals surface area (Å²) in [6, 6.07) is 14.5. The molecule has 4 N–H and O–H groups in total. The Morgan fingerprint density at radius 3 is 2.50 bits per heavy atom. The van der Waals surface area contributed by atoms with Gasteiger partial charge in [-0.3, -0.25) is 4.79 Å². The Hall–Kier alpha value is -4.54. The predicted molar refractivity (Wildman–Crippen MR) is 137 cm³/mol. The number of rotatable bonds is 8. The van der Waals surface area contributed by atoms with Crippen molar-refractivity contribution in [3.05, 3.63) is 71.2 Å². The molecule has 2 aromatic carbocycles. The second-order valence-corrected chi connectivity index (χ2v) is 8.98. The number of piperidine rings is 1. The number of hydrogen-bond acceptors (Lipinski definition) is 8. The van der Waals surface area contributed by atoms with E-state index in [9.17, 15) is 24.9 Å². The number of ether oxygens (including phenoxy) is 2. The Labute approximate surface area is 219 Å². The number of aromatic hydroxyl groups is 2. The van der Waals surface area contributed by atoms with E-state index in [1.165, 1.54) is 19.1 Å². The summed E-state index contributed by atoms with van der Waals surface area (Å²) in [5.41, 5.74) is 1.27. The molecule has 11 heteroatoms. The van der Waals surface area contributed by atoms with Gasteiger partial charge in [0.1, 0.15) is 5.82 Å². The molecule has 1 fully saturated rings. The van der Waals surface area contributed by atoms with Crippen LogP contribution in [0.2, 0.25) is 0 Å². The highest BCUT2D eigenvalue weighted by Gasteiger charge is 2.34. The molecule has 1 aliphatic rings. The lowest BCUT2D eigenvalue weighted by atomic mass is 9.87. The lowest BCUT2D eigenvalue weighted by Crippen LogP contribution is -2.46. The highest BCUT2D eigenvalue weighted by atomic mass is 16.5. The van der Waals surface area contributed by atoms with Crippen LogP contribution in [0.3, 0.4) is 0 Å². The molecule has 0 saturated carbocycles. The van der Waals surface area contributed by atoms with Gasteiger partial charge in [0.05, 0.1) is 14.2 Å². The molecule has 3 aromatic rings. The van der Waals surface area contributed by atoms with Gasteiger partial charge < -0.3 is 35.0 Å². The summed E-state index contributed by atoms with van der Waals surface area (Å²) in [6.07, 6.45) is 0.299. The van der Waals surface area contributed by atoms with Gasteiger partial charge in [0, 0.05) is 30.6 Å². The van der Waals surface area contributed by atoms with Crippen LogP contribution in [0.5, 0.6) is 23.1 Å². The van der Waals surface area contributed by atoms with Gasteiger partial charge in [-0.15, -0.1) is 0 Å². The summed E-state index contributed by atoms with van der Waals surface area (Å²) in [5.74, 6) is -1.34. The Balaban J connectivity index is 1.54. The predicted octanol–water partition coefficient (Wildman–Crippen LogP) is 3.30. The molecule has 0 bridgehead atoms. The maximum atomic E-state index is 13.0. The lowest BCUT2D eigenvalue weighted by Gasteiger charge is -2.37. The standard InChI is InChI=1S/C27H30N4O7/c1-37-20-10-6-9-18(23(20)38-2)15-28-25(33)21-22(32)26(34)30-24(29-21)17-11-12-31(27(35)36)19(14-17)13-16-7-4-3-5-8-16/h3-10,17,19,32H,11-15H2,1-2H3,(H,28,33)(H,35,36)(H,29,30,34). The summed E-state index contributed by atoms with van der Waals surface area (Å²) < 4.78 is 10.7. The summed E-state index contributed by atoms with van der Waals surface area (Å²) in [7, 11) is 3.00. The molecule has 38 heavy (non-hydrogen) atoms. The van der Waals surface area contributed by atoms with Crippen molar-refractivity contribution in [3.8, 4) is 23.1 Å². The van der Waals surface area contributed by atoms with Crippen LogP contribution in [0, 0.1) is 0 Å². The molecule has 0 radical (unpaired) electrons. The van der Waals surface area contributed by atoms with Gasteiger partial charge in [0.15, 0.2) is 17.2 Å². The van der Waals surface area contributed by atoms with Crippen LogP contribution < -0.4 is 14.8 Å². The number of aromatic nitrogens is 2. The summed E-state index contributed by atoms with van der Waals surface area (Å²) >= 11 is 0. The molecule has 4 rings (SSSR count). The fraction of sp³-hybridized carbons (Fsp3) is 0.333. The summed E-state index contributed by atoms with van der Waals surface area (Å²) in [6.45, 7) is 0.300. The van der Waals surface area contributed by atoms with Crippen molar-refractivity contribution in [2.24, 2.45) is 0 Å². The van der Waals surface area contributed by atoms with Crippen LogP contribution in [-0.2, 0) is 13.0 Å². The van der Waals surface area contributed by atoms with Gasteiger partial charge >= 0.3 is 6.09 Å². The van der Waals surface area contributed by atoms with Gasteiger partial charge in [-0.2, -0.15) is 4.98 Å². The monoisotopic (exact) mass is 522 g/mol. The molecule has 0 spiro atoms. The first-order chi connectivity index (χ1) is 18.3. The molecule has 2 atom stereocenters. The van der Waals surface area contributed by atoms with Crippen LogP contribution >= 0.6 is 0 Å². The number of carbonyl (C=O) groups is 2. The normalized spacial score (nSPS) is 17.1. The maximum absolute atomic E-state index is 13.0. The Kier molecular flexibility index (Phi) is 8.15. The smallest absolute Gasteiger partial charge is 0.407 e. The van der Waals surface area contributed by atoms with Crippen molar-refractivity contribution in [2.75, 3.05) is 20.8 Å². The van der Waals surface area contributed by atoms with E-state index in [1.54, 1.807) is 18.2 Å². The first-order valence-corrected chi connectivity index (χ1v) is 12.1. The maximum Gasteiger partial charge on any atom is 0.407 e.